The molecule has 0 aromatic heterocycles. The van der Waals surface area contributed by atoms with E-state index in [0.717, 1.165) is 12.1 Å². The molecule has 1 aromatic rings. The Labute approximate surface area is 108 Å². The average molecular weight is 270 g/mol. The Kier molecular flexibility index (Phi) is 3.06. The van der Waals surface area contributed by atoms with Crippen molar-refractivity contribution in [1.82, 2.24) is 0 Å². The Bertz CT molecular complexity index is 541. The molecule has 0 spiro atoms. The summed E-state index contributed by atoms with van der Waals surface area (Å²) in [5, 5.41) is 2.34. The minimum atomic E-state index is -0.886. The topological polar surface area (TPSA) is 55.1 Å². The second-order valence-electron chi connectivity index (χ2n) is 4.48. The fraction of sp³-hybridized carbons (Fsp3) is 0.333. The summed E-state index contributed by atoms with van der Waals surface area (Å²) in [6.45, 7) is 1.45. The summed E-state index contributed by atoms with van der Waals surface area (Å²) >= 11 is 4.82. The molecule has 2 rings (SSSR count). The number of carbonyl (C=O) groups excluding carboxylic acids is 1. The van der Waals surface area contributed by atoms with Crippen molar-refractivity contribution in [3.63, 3.8) is 0 Å². The van der Waals surface area contributed by atoms with Gasteiger partial charge in [0.25, 0.3) is 0 Å². The van der Waals surface area contributed by atoms with E-state index in [1.807, 2.05) is 0 Å². The summed E-state index contributed by atoms with van der Waals surface area (Å²) in [6, 6.07) is 1.99. The Balaban J connectivity index is 2.23. The van der Waals surface area contributed by atoms with Gasteiger partial charge < -0.3 is 11.1 Å². The predicted octanol–water partition coefficient (Wildman–Crippen LogP) is 2.28. The molecule has 1 aromatic carbocycles. The zero-order valence-electron chi connectivity index (χ0n) is 9.72. The minimum Gasteiger partial charge on any atom is -0.392 e. The van der Waals surface area contributed by atoms with Gasteiger partial charge in [0.1, 0.15) is 11.6 Å². The molecule has 96 valence electrons. The molecule has 1 saturated carbocycles. The third kappa shape index (κ3) is 2.08. The number of amides is 1. The maximum atomic E-state index is 13.6. The Morgan fingerprint density at radius 3 is 2.50 bits per heavy atom. The second-order valence-corrected chi connectivity index (χ2v) is 4.92. The first-order valence-corrected chi connectivity index (χ1v) is 5.84. The predicted molar refractivity (Wildman–Crippen MR) is 68.2 cm³/mol. The number of thiocarbonyl (C=S) groups is 1. The summed E-state index contributed by atoms with van der Waals surface area (Å²) in [5.74, 6) is -1.73. The number of rotatable bonds is 3. The fourth-order valence-electron chi connectivity index (χ4n) is 1.69. The minimum absolute atomic E-state index is 0.0907. The SMILES string of the molecule is Cc1cc(F)c(NC(=O)C2(C(N)=S)CC2)cc1F. The van der Waals surface area contributed by atoms with E-state index in [2.05, 4.69) is 5.32 Å². The van der Waals surface area contributed by atoms with Crippen LogP contribution in [0.3, 0.4) is 0 Å². The summed E-state index contributed by atoms with van der Waals surface area (Å²) in [7, 11) is 0. The molecule has 3 nitrogen and oxygen atoms in total. The van der Waals surface area contributed by atoms with Crippen LogP contribution in [0.15, 0.2) is 12.1 Å². The van der Waals surface area contributed by atoms with Crippen LogP contribution in [0.1, 0.15) is 18.4 Å². The Hall–Kier alpha value is -1.56. The van der Waals surface area contributed by atoms with E-state index in [9.17, 15) is 13.6 Å². The first-order valence-electron chi connectivity index (χ1n) is 5.44. The van der Waals surface area contributed by atoms with Gasteiger partial charge >= 0.3 is 0 Å². The number of benzene rings is 1. The molecule has 6 heteroatoms. The lowest BCUT2D eigenvalue weighted by atomic mass is 10.1. The van der Waals surface area contributed by atoms with Gasteiger partial charge in [-0.15, -0.1) is 0 Å². The van der Waals surface area contributed by atoms with Gasteiger partial charge in [-0.2, -0.15) is 0 Å². The number of hydrogen-bond acceptors (Lipinski definition) is 2. The van der Waals surface area contributed by atoms with Gasteiger partial charge in [0.2, 0.25) is 5.91 Å². The number of aryl methyl sites for hydroxylation is 1. The monoisotopic (exact) mass is 270 g/mol. The molecule has 1 amide bonds. The van der Waals surface area contributed by atoms with Crippen LogP contribution in [-0.4, -0.2) is 10.9 Å². The first-order chi connectivity index (χ1) is 8.36. The van der Waals surface area contributed by atoms with E-state index >= 15 is 0 Å². The van der Waals surface area contributed by atoms with Crippen LogP contribution in [0.25, 0.3) is 0 Å². The highest BCUT2D eigenvalue weighted by molar-refractivity contribution is 7.80. The fourth-order valence-corrected chi connectivity index (χ4v) is 1.99. The van der Waals surface area contributed by atoms with Gasteiger partial charge in [-0.1, -0.05) is 12.2 Å². The highest BCUT2D eigenvalue weighted by atomic mass is 32.1. The summed E-state index contributed by atoms with van der Waals surface area (Å²) in [6.07, 6.45) is 1.09. The number of nitrogens with one attached hydrogen (secondary N) is 1. The van der Waals surface area contributed by atoms with Crippen LogP contribution in [0.2, 0.25) is 0 Å². The normalized spacial score (nSPS) is 16.2. The molecule has 1 aliphatic rings. The molecule has 0 bridgehead atoms. The number of hydrogen-bond donors (Lipinski definition) is 2. The van der Waals surface area contributed by atoms with E-state index in [1.165, 1.54) is 6.92 Å². The number of carbonyl (C=O) groups is 1. The van der Waals surface area contributed by atoms with Gasteiger partial charge in [0.05, 0.1) is 16.1 Å². The maximum Gasteiger partial charge on any atom is 0.237 e. The summed E-state index contributed by atoms with van der Waals surface area (Å²) in [5.41, 5.74) is 4.59. The standard InChI is InChI=1S/C12H12F2N2OS/c1-6-4-8(14)9(5-7(6)13)16-11(17)12(2-3-12)10(15)18/h4-5H,2-3H2,1H3,(H2,15,18)(H,16,17). The molecule has 18 heavy (non-hydrogen) atoms. The quantitative estimate of drug-likeness (QED) is 0.828. The lowest BCUT2D eigenvalue weighted by molar-refractivity contribution is -0.118. The highest BCUT2D eigenvalue weighted by Gasteiger charge is 2.52. The van der Waals surface area contributed by atoms with Crippen LogP contribution in [-0.2, 0) is 4.79 Å². The van der Waals surface area contributed by atoms with Crippen molar-refractivity contribution in [2.24, 2.45) is 11.1 Å². The molecule has 1 fully saturated rings. The maximum absolute atomic E-state index is 13.6. The molecule has 3 N–H and O–H groups in total. The summed E-state index contributed by atoms with van der Waals surface area (Å²) in [4.78, 5) is 12.0. The zero-order valence-corrected chi connectivity index (χ0v) is 10.5. The van der Waals surface area contributed by atoms with Gasteiger partial charge in [0, 0.05) is 6.07 Å². The van der Waals surface area contributed by atoms with Crippen LogP contribution in [0.4, 0.5) is 14.5 Å². The van der Waals surface area contributed by atoms with E-state index in [4.69, 9.17) is 18.0 Å². The molecule has 0 unspecified atom stereocenters. The third-order valence-corrected chi connectivity index (χ3v) is 3.54. The van der Waals surface area contributed by atoms with Gasteiger partial charge in [-0.05, 0) is 31.4 Å². The van der Waals surface area contributed by atoms with Gasteiger partial charge in [0.15, 0.2) is 0 Å². The van der Waals surface area contributed by atoms with Crippen LogP contribution in [0.5, 0.6) is 0 Å². The Morgan fingerprint density at radius 1 is 1.39 bits per heavy atom. The van der Waals surface area contributed by atoms with E-state index in [0.29, 0.717) is 12.8 Å². The van der Waals surface area contributed by atoms with Crippen LogP contribution >= 0.6 is 12.2 Å². The first kappa shape index (κ1) is 12.9. The van der Waals surface area contributed by atoms with Crippen molar-refractivity contribution in [3.05, 3.63) is 29.3 Å². The number of anilines is 1. The molecule has 0 saturated heterocycles. The van der Waals surface area contributed by atoms with E-state index in [-0.39, 0.29) is 16.2 Å². The molecular formula is C12H12F2N2OS. The average Bonchev–Trinajstić information content (AvgIpc) is 3.06. The Morgan fingerprint density at radius 2 is 2.00 bits per heavy atom. The smallest absolute Gasteiger partial charge is 0.237 e. The van der Waals surface area contributed by atoms with Gasteiger partial charge in [-0.3, -0.25) is 4.79 Å². The van der Waals surface area contributed by atoms with Crippen molar-refractivity contribution in [1.29, 1.82) is 0 Å². The second kappa shape index (κ2) is 4.28. The number of nitrogens with two attached hydrogens (primary N) is 1. The molecule has 0 aliphatic heterocycles. The van der Waals surface area contributed by atoms with Crippen molar-refractivity contribution >= 4 is 28.8 Å². The molecule has 0 atom stereocenters. The molecule has 1 aliphatic carbocycles. The largest absolute Gasteiger partial charge is 0.392 e. The van der Waals surface area contributed by atoms with Crippen molar-refractivity contribution in [2.75, 3.05) is 5.32 Å². The third-order valence-electron chi connectivity index (χ3n) is 3.15. The van der Waals surface area contributed by atoms with Crippen LogP contribution < -0.4 is 11.1 Å². The van der Waals surface area contributed by atoms with Gasteiger partial charge in [-0.25, -0.2) is 8.78 Å². The number of halogens is 2. The van der Waals surface area contributed by atoms with E-state index < -0.39 is 23.0 Å². The van der Waals surface area contributed by atoms with Crippen LogP contribution in [0, 0.1) is 24.0 Å². The molecule has 0 heterocycles. The lowest BCUT2D eigenvalue weighted by Gasteiger charge is -2.14. The molecule has 0 radical (unpaired) electrons. The lowest BCUT2D eigenvalue weighted by Crippen LogP contribution is -2.35. The molecular weight excluding hydrogens is 258 g/mol. The van der Waals surface area contributed by atoms with Crippen molar-refractivity contribution in [3.8, 4) is 0 Å². The highest BCUT2D eigenvalue weighted by Crippen LogP contribution is 2.46. The van der Waals surface area contributed by atoms with Crippen molar-refractivity contribution < 1.29 is 13.6 Å². The summed E-state index contributed by atoms with van der Waals surface area (Å²) < 4.78 is 26.9. The van der Waals surface area contributed by atoms with Crippen molar-refractivity contribution in [2.45, 2.75) is 19.8 Å². The zero-order chi connectivity index (χ0) is 13.5. The van der Waals surface area contributed by atoms with E-state index in [1.54, 1.807) is 0 Å².